The zero-order chi connectivity index (χ0) is 27.4. The van der Waals surface area contributed by atoms with Crippen LogP contribution in [0.3, 0.4) is 0 Å². The number of nitrogens with zero attached hydrogens (tertiary/aromatic N) is 3. The van der Waals surface area contributed by atoms with E-state index in [0.29, 0.717) is 22.4 Å². The lowest BCUT2D eigenvalue weighted by molar-refractivity contribution is -0.384. The van der Waals surface area contributed by atoms with E-state index in [1.807, 2.05) is 0 Å². The van der Waals surface area contributed by atoms with E-state index in [-0.39, 0.29) is 28.4 Å². The van der Waals surface area contributed by atoms with Crippen LogP contribution in [0.5, 0.6) is 0 Å². The summed E-state index contributed by atoms with van der Waals surface area (Å²) in [4.78, 5) is 38.5. The molecule has 38 heavy (non-hydrogen) atoms. The van der Waals surface area contributed by atoms with E-state index in [2.05, 4.69) is 6.07 Å². The van der Waals surface area contributed by atoms with Crippen LogP contribution in [0.4, 0.5) is 11.4 Å². The van der Waals surface area contributed by atoms with Gasteiger partial charge in [0.05, 0.1) is 48.0 Å². The molecule has 0 radical (unpaired) electrons. The van der Waals surface area contributed by atoms with Crippen molar-refractivity contribution < 1.29 is 24.0 Å². The molecule has 0 saturated heterocycles. The molecule has 4 rings (SSSR count). The average Bonchev–Trinajstić information content (AvgIpc) is 2.96. The number of rotatable bonds is 6. The summed E-state index contributed by atoms with van der Waals surface area (Å²) in [6, 6.07) is 23.4. The number of nitriles is 1. The van der Waals surface area contributed by atoms with E-state index in [1.54, 1.807) is 66.7 Å². The van der Waals surface area contributed by atoms with Crippen LogP contribution in [0.15, 0.2) is 102 Å². The van der Waals surface area contributed by atoms with Crippen LogP contribution < -0.4 is 10.6 Å². The van der Waals surface area contributed by atoms with Crippen molar-refractivity contribution in [3.63, 3.8) is 0 Å². The van der Waals surface area contributed by atoms with Gasteiger partial charge in [0.15, 0.2) is 0 Å². The molecule has 1 aliphatic rings. The number of benzene rings is 3. The molecule has 2 N–H and O–H groups in total. The lowest BCUT2D eigenvalue weighted by Gasteiger charge is -2.36. The number of hydrogen-bond acceptors (Lipinski definition) is 9. The Morgan fingerprint density at radius 1 is 0.947 bits per heavy atom. The average molecular weight is 511 g/mol. The van der Waals surface area contributed by atoms with Gasteiger partial charge in [0.2, 0.25) is 0 Å². The molecule has 0 bridgehead atoms. The van der Waals surface area contributed by atoms with Crippen LogP contribution in [0, 0.1) is 21.4 Å². The first-order chi connectivity index (χ1) is 18.3. The molecule has 0 fully saturated rings. The fraction of sp³-hybridized carbons (Fsp3) is 0.107. The van der Waals surface area contributed by atoms with Gasteiger partial charge in [-0.05, 0) is 29.3 Å². The first-order valence-electron chi connectivity index (χ1n) is 11.3. The van der Waals surface area contributed by atoms with E-state index in [4.69, 9.17) is 15.2 Å². The first-order valence-corrected chi connectivity index (χ1v) is 11.3. The van der Waals surface area contributed by atoms with Crippen molar-refractivity contribution in [1.82, 2.24) is 0 Å². The number of anilines is 1. The highest BCUT2D eigenvalue weighted by Crippen LogP contribution is 2.45. The summed E-state index contributed by atoms with van der Waals surface area (Å²) in [6.07, 6.45) is 0. The number of para-hydroxylation sites is 1. The molecule has 0 spiro atoms. The van der Waals surface area contributed by atoms with Gasteiger partial charge in [-0.25, -0.2) is 9.59 Å². The molecule has 0 aliphatic carbocycles. The molecule has 0 aromatic heterocycles. The molecule has 1 atom stereocenters. The number of carbonyl (C=O) groups excluding carboxylic acids is 2. The van der Waals surface area contributed by atoms with Gasteiger partial charge in [0.1, 0.15) is 11.5 Å². The zero-order valence-electron chi connectivity index (χ0n) is 20.5. The minimum atomic E-state index is -0.995. The molecule has 0 amide bonds. The third-order valence-electron chi connectivity index (χ3n) is 6.14. The summed E-state index contributed by atoms with van der Waals surface area (Å²) < 4.78 is 10.1. The van der Waals surface area contributed by atoms with Crippen LogP contribution >= 0.6 is 0 Å². The van der Waals surface area contributed by atoms with Gasteiger partial charge in [-0.3, -0.25) is 15.0 Å². The van der Waals surface area contributed by atoms with Gasteiger partial charge < -0.3 is 15.2 Å². The van der Waals surface area contributed by atoms with E-state index in [9.17, 15) is 25.0 Å². The smallest absolute Gasteiger partial charge is 0.355 e. The second kappa shape index (κ2) is 10.7. The van der Waals surface area contributed by atoms with Crippen molar-refractivity contribution in [2.45, 2.75) is 5.92 Å². The van der Waals surface area contributed by atoms with E-state index < -0.39 is 22.8 Å². The summed E-state index contributed by atoms with van der Waals surface area (Å²) >= 11 is 0. The summed E-state index contributed by atoms with van der Waals surface area (Å²) in [6.45, 7) is 0. The highest BCUT2D eigenvalue weighted by Gasteiger charge is 2.43. The number of methoxy groups -OCH3 is 2. The lowest BCUT2D eigenvalue weighted by Crippen LogP contribution is -2.41. The van der Waals surface area contributed by atoms with Gasteiger partial charge in [0.25, 0.3) is 5.69 Å². The largest absolute Gasteiger partial charge is 0.466 e. The van der Waals surface area contributed by atoms with Gasteiger partial charge in [-0.1, -0.05) is 48.5 Å². The number of allylic oxidation sites excluding steroid dienone is 1. The van der Waals surface area contributed by atoms with Crippen molar-refractivity contribution in [2.24, 2.45) is 5.73 Å². The number of non-ortho nitro benzene ring substituents is 1. The first kappa shape index (κ1) is 25.7. The quantitative estimate of drug-likeness (QED) is 0.293. The molecule has 10 heteroatoms. The van der Waals surface area contributed by atoms with Crippen molar-refractivity contribution in [3.05, 3.63) is 117 Å². The third kappa shape index (κ3) is 4.44. The minimum absolute atomic E-state index is 0.0303. The number of nitrogens with two attached hydrogens (primary N) is 1. The monoisotopic (exact) mass is 510 g/mol. The summed E-state index contributed by atoms with van der Waals surface area (Å²) in [5.41, 5.74) is 8.21. The molecular formula is C28H22N4O6. The van der Waals surface area contributed by atoms with E-state index in [1.165, 1.54) is 31.3 Å². The SMILES string of the molecule is COC(=O)C1=C(C(=O)OC)N(c2ccccc2-c2ccc([N+](=O)[O-])cc2)C(N)=C(C#N)C1c1ccccc1. The summed E-state index contributed by atoms with van der Waals surface area (Å²) in [5, 5.41) is 21.4. The molecule has 1 heterocycles. The Morgan fingerprint density at radius 3 is 2.13 bits per heavy atom. The normalized spacial score (nSPS) is 15.1. The van der Waals surface area contributed by atoms with Crippen molar-refractivity contribution in [3.8, 4) is 17.2 Å². The molecule has 1 aliphatic heterocycles. The Morgan fingerprint density at radius 2 is 1.55 bits per heavy atom. The van der Waals surface area contributed by atoms with Crippen LogP contribution in [0.25, 0.3) is 11.1 Å². The van der Waals surface area contributed by atoms with Gasteiger partial charge in [-0.2, -0.15) is 5.26 Å². The predicted octanol–water partition coefficient (Wildman–Crippen LogP) is 4.16. The molecule has 0 saturated carbocycles. The molecule has 190 valence electrons. The van der Waals surface area contributed by atoms with Crippen molar-refractivity contribution in [1.29, 1.82) is 5.26 Å². The van der Waals surface area contributed by atoms with Crippen LogP contribution in [0.2, 0.25) is 0 Å². The Kier molecular flexibility index (Phi) is 7.21. The topological polar surface area (TPSA) is 149 Å². The summed E-state index contributed by atoms with van der Waals surface area (Å²) in [5.74, 6) is -2.78. The van der Waals surface area contributed by atoms with Gasteiger partial charge in [0, 0.05) is 17.7 Å². The highest BCUT2D eigenvalue weighted by atomic mass is 16.6. The van der Waals surface area contributed by atoms with Gasteiger partial charge >= 0.3 is 11.9 Å². The zero-order valence-corrected chi connectivity index (χ0v) is 20.5. The lowest BCUT2D eigenvalue weighted by atomic mass is 9.80. The number of esters is 2. The Hall–Kier alpha value is -5.43. The number of hydrogen-bond donors (Lipinski definition) is 1. The van der Waals surface area contributed by atoms with Crippen LogP contribution in [-0.4, -0.2) is 31.1 Å². The predicted molar refractivity (Wildman–Crippen MR) is 138 cm³/mol. The molecule has 3 aromatic rings. The highest BCUT2D eigenvalue weighted by molar-refractivity contribution is 6.07. The van der Waals surface area contributed by atoms with E-state index >= 15 is 0 Å². The number of nitro groups is 1. The van der Waals surface area contributed by atoms with E-state index in [0.717, 1.165) is 0 Å². The number of nitro benzene ring substituents is 1. The van der Waals surface area contributed by atoms with Crippen LogP contribution in [-0.2, 0) is 19.1 Å². The number of carbonyl (C=O) groups is 2. The fourth-order valence-corrected chi connectivity index (χ4v) is 4.44. The molecule has 3 aromatic carbocycles. The minimum Gasteiger partial charge on any atom is -0.466 e. The fourth-order valence-electron chi connectivity index (χ4n) is 4.44. The molecule has 10 nitrogen and oxygen atoms in total. The Balaban J connectivity index is 2.05. The van der Waals surface area contributed by atoms with Crippen LogP contribution in [0.1, 0.15) is 11.5 Å². The maximum absolute atomic E-state index is 13.3. The molecule has 1 unspecified atom stereocenters. The van der Waals surface area contributed by atoms with Crippen molar-refractivity contribution in [2.75, 3.05) is 19.1 Å². The number of ether oxygens (including phenoxy) is 2. The molecular weight excluding hydrogens is 488 g/mol. The second-order valence-corrected chi connectivity index (χ2v) is 8.16. The Labute approximate surface area is 218 Å². The standard InChI is InChI=1S/C28H22N4O6/c1-37-27(33)24-23(18-8-4-3-5-9-18)21(16-29)26(30)31(25(24)28(34)38-2)22-11-7-6-10-20(22)17-12-14-19(15-13-17)32(35)36/h3-15,23H,30H2,1-2H3. The maximum Gasteiger partial charge on any atom is 0.355 e. The third-order valence-corrected chi connectivity index (χ3v) is 6.14. The second-order valence-electron chi connectivity index (χ2n) is 8.16. The summed E-state index contributed by atoms with van der Waals surface area (Å²) in [7, 11) is 2.34. The Bertz CT molecular complexity index is 1520. The van der Waals surface area contributed by atoms with Gasteiger partial charge in [-0.15, -0.1) is 0 Å². The maximum atomic E-state index is 13.3. The van der Waals surface area contributed by atoms with Crippen molar-refractivity contribution >= 4 is 23.3 Å².